The van der Waals surface area contributed by atoms with Gasteiger partial charge in [0.1, 0.15) is 11.5 Å². The standard InChI is InChI=1S/C16H24N2O3/c1-12-15(20-3)6-5-13(16(12)21-4)14(19)11-18-9-7-17(2)8-10-18/h5-6H,7-11H2,1-4H3. The minimum atomic E-state index is 0.0992. The van der Waals surface area contributed by atoms with E-state index in [0.717, 1.165) is 37.5 Å². The van der Waals surface area contributed by atoms with Crippen LogP contribution in [-0.2, 0) is 0 Å². The number of likely N-dealkylation sites (N-methyl/N-ethyl adjacent to an activating group) is 1. The maximum atomic E-state index is 12.5. The van der Waals surface area contributed by atoms with Crippen molar-refractivity contribution in [3.63, 3.8) is 0 Å². The predicted octanol–water partition coefficient (Wildman–Crippen LogP) is 1.44. The summed E-state index contributed by atoms with van der Waals surface area (Å²) < 4.78 is 10.7. The van der Waals surface area contributed by atoms with Crippen LogP contribution in [0.15, 0.2) is 12.1 Å². The van der Waals surface area contributed by atoms with Gasteiger partial charge >= 0.3 is 0 Å². The van der Waals surface area contributed by atoms with Crippen molar-refractivity contribution in [3.8, 4) is 11.5 Å². The van der Waals surface area contributed by atoms with E-state index >= 15 is 0 Å². The monoisotopic (exact) mass is 292 g/mol. The van der Waals surface area contributed by atoms with E-state index < -0.39 is 0 Å². The van der Waals surface area contributed by atoms with Crippen LogP contribution >= 0.6 is 0 Å². The normalized spacial score (nSPS) is 16.8. The first-order chi connectivity index (χ1) is 10.1. The summed E-state index contributed by atoms with van der Waals surface area (Å²) in [6, 6.07) is 3.62. The van der Waals surface area contributed by atoms with Gasteiger partial charge < -0.3 is 14.4 Å². The molecule has 1 saturated heterocycles. The van der Waals surface area contributed by atoms with Crippen LogP contribution in [0.2, 0.25) is 0 Å². The second-order valence-corrected chi connectivity index (χ2v) is 5.48. The highest BCUT2D eigenvalue weighted by Crippen LogP contribution is 2.31. The number of methoxy groups -OCH3 is 2. The van der Waals surface area contributed by atoms with Gasteiger partial charge in [0, 0.05) is 31.7 Å². The molecular weight excluding hydrogens is 268 g/mol. The van der Waals surface area contributed by atoms with Gasteiger partial charge in [-0.3, -0.25) is 9.69 Å². The fourth-order valence-electron chi connectivity index (χ4n) is 2.67. The lowest BCUT2D eigenvalue weighted by molar-refractivity contribution is 0.0873. The third-order valence-electron chi connectivity index (χ3n) is 4.04. The zero-order valence-electron chi connectivity index (χ0n) is 13.3. The number of ketones is 1. The molecule has 0 aromatic heterocycles. The van der Waals surface area contributed by atoms with Crippen molar-refractivity contribution in [3.05, 3.63) is 23.3 Å². The zero-order valence-corrected chi connectivity index (χ0v) is 13.3. The number of benzene rings is 1. The topological polar surface area (TPSA) is 42.0 Å². The molecule has 1 aliphatic rings. The molecule has 1 aromatic carbocycles. The molecule has 21 heavy (non-hydrogen) atoms. The number of Topliss-reactive ketones (excluding diaryl/α,β-unsaturated/α-hetero) is 1. The Hall–Kier alpha value is -1.59. The van der Waals surface area contributed by atoms with Crippen LogP contribution in [0.1, 0.15) is 15.9 Å². The van der Waals surface area contributed by atoms with E-state index in [0.29, 0.717) is 17.9 Å². The summed E-state index contributed by atoms with van der Waals surface area (Å²) in [5, 5.41) is 0. The van der Waals surface area contributed by atoms with Gasteiger partial charge in [-0.05, 0) is 26.1 Å². The number of nitrogens with zero attached hydrogens (tertiary/aromatic N) is 2. The summed E-state index contributed by atoms with van der Waals surface area (Å²) in [7, 11) is 5.32. The Morgan fingerprint density at radius 3 is 2.38 bits per heavy atom. The fraction of sp³-hybridized carbons (Fsp3) is 0.562. The second kappa shape index (κ2) is 6.91. The highest BCUT2D eigenvalue weighted by molar-refractivity contribution is 6.00. The van der Waals surface area contributed by atoms with Gasteiger partial charge in [0.05, 0.1) is 26.3 Å². The minimum absolute atomic E-state index is 0.0992. The highest BCUT2D eigenvalue weighted by atomic mass is 16.5. The highest BCUT2D eigenvalue weighted by Gasteiger charge is 2.21. The largest absolute Gasteiger partial charge is 0.496 e. The average Bonchev–Trinajstić information content (AvgIpc) is 2.49. The number of carbonyl (C=O) groups excluding carboxylic acids is 1. The van der Waals surface area contributed by atoms with Crippen LogP contribution in [0, 0.1) is 6.92 Å². The molecule has 0 radical (unpaired) electrons. The molecule has 0 aliphatic carbocycles. The summed E-state index contributed by atoms with van der Waals surface area (Å²) >= 11 is 0. The molecule has 5 nitrogen and oxygen atoms in total. The van der Waals surface area contributed by atoms with Crippen LogP contribution in [0.4, 0.5) is 0 Å². The molecule has 1 aromatic rings. The quantitative estimate of drug-likeness (QED) is 0.768. The molecule has 1 fully saturated rings. The summed E-state index contributed by atoms with van der Waals surface area (Å²) in [5.41, 5.74) is 1.50. The van der Waals surface area contributed by atoms with Gasteiger partial charge in [0.2, 0.25) is 0 Å². The zero-order chi connectivity index (χ0) is 15.4. The van der Waals surface area contributed by atoms with Gasteiger partial charge in [-0.2, -0.15) is 0 Å². The molecule has 0 bridgehead atoms. The molecule has 2 rings (SSSR count). The van der Waals surface area contributed by atoms with Crippen molar-refractivity contribution < 1.29 is 14.3 Å². The van der Waals surface area contributed by atoms with Crippen molar-refractivity contribution >= 4 is 5.78 Å². The third-order valence-corrected chi connectivity index (χ3v) is 4.04. The van der Waals surface area contributed by atoms with E-state index in [1.165, 1.54) is 0 Å². The maximum absolute atomic E-state index is 12.5. The van der Waals surface area contributed by atoms with Crippen molar-refractivity contribution in [1.82, 2.24) is 9.80 Å². The molecule has 0 spiro atoms. The van der Waals surface area contributed by atoms with Crippen LogP contribution in [0.25, 0.3) is 0 Å². The van der Waals surface area contributed by atoms with Crippen LogP contribution in [-0.4, -0.2) is 69.6 Å². The Labute approximate surface area is 126 Å². The Kier molecular flexibility index (Phi) is 5.20. The first-order valence-electron chi connectivity index (χ1n) is 7.22. The van der Waals surface area contributed by atoms with E-state index in [2.05, 4.69) is 16.8 Å². The summed E-state index contributed by atoms with van der Waals surface area (Å²) in [6.45, 7) is 6.22. The fourth-order valence-corrected chi connectivity index (χ4v) is 2.67. The lowest BCUT2D eigenvalue weighted by atomic mass is 10.0. The van der Waals surface area contributed by atoms with E-state index in [4.69, 9.17) is 9.47 Å². The van der Waals surface area contributed by atoms with Crippen molar-refractivity contribution in [1.29, 1.82) is 0 Å². The smallest absolute Gasteiger partial charge is 0.180 e. The van der Waals surface area contributed by atoms with E-state index in [9.17, 15) is 4.79 Å². The summed E-state index contributed by atoms with van der Waals surface area (Å²) in [4.78, 5) is 17.0. The third kappa shape index (κ3) is 3.54. The van der Waals surface area contributed by atoms with Gasteiger partial charge in [-0.1, -0.05) is 0 Å². The first kappa shape index (κ1) is 15.8. The molecule has 0 amide bonds. The van der Waals surface area contributed by atoms with Crippen LogP contribution in [0.5, 0.6) is 11.5 Å². The molecule has 116 valence electrons. The van der Waals surface area contributed by atoms with Crippen molar-refractivity contribution in [2.75, 3.05) is 54.0 Å². The molecule has 1 aliphatic heterocycles. The number of hydrogen-bond donors (Lipinski definition) is 0. The lowest BCUT2D eigenvalue weighted by Crippen LogP contribution is -2.46. The van der Waals surface area contributed by atoms with Gasteiger partial charge in [-0.15, -0.1) is 0 Å². The Morgan fingerprint density at radius 2 is 1.81 bits per heavy atom. The van der Waals surface area contributed by atoms with Crippen molar-refractivity contribution in [2.24, 2.45) is 0 Å². The molecule has 0 saturated carbocycles. The Bertz CT molecular complexity index is 508. The summed E-state index contributed by atoms with van der Waals surface area (Å²) in [5.74, 6) is 1.46. The number of carbonyl (C=O) groups is 1. The molecule has 5 heteroatoms. The number of piperazine rings is 1. The van der Waals surface area contributed by atoms with Gasteiger partial charge in [0.25, 0.3) is 0 Å². The van der Waals surface area contributed by atoms with E-state index in [1.807, 2.05) is 13.0 Å². The summed E-state index contributed by atoms with van der Waals surface area (Å²) in [6.07, 6.45) is 0. The first-order valence-corrected chi connectivity index (χ1v) is 7.22. The maximum Gasteiger partial charge on any atom is 0.180 e. The SMILES string of the molecule is COc1ccc(C(=O)CN2CCN(C)CC2)c(OC)c1C. The van der Waals surface area contributed by atoms with Gasteiger partial charge in [0.15, 0.2) is 5.78 Å². The van der Waals surface area contributed by atoms with Crippen LogP contribution < -0.4 is 9.47 Å². The van der Waals surface area contributed by atoms with E-state index in [-0.39, 0.29) is 5.78 Å². The Morgan fingerprint density at radius 1 is 1.14 bits per heavy atom. The van der Waals surface area contributed by atoms with Crippen molar-refractivity contribution in [2.45, 2.75) is 6.92 Å². The van der Waals surface area contributed by atoms with Gasteiger partial charge in [-0.25, -0.2) is 0 Å². The molecule has 0 N–H and O–H groups in total. The number of hydrogen-bond acceptors (Lipinski definition) is 5. The second-order valence-electron chi connectivity index (χ2n) is 5.48. The molecule has 0 atom stereocenters. The number of ether oxygens (including phenoxy) is 2. The predicted molar refractivity (Wildman–Crippen MR) is 82.6 cm³/mol. The average molecular weight is 292 g/mol. The molecule has 0 unspecified atom stereocenters. The van der Waals surface area contributed by atoms with E-state index in [1.54, 1.807) is 20.3 Å². The lowest BCUT2D eigenvalue weighted by Gasteiger charge is -2.31. The molecule has 1 heterocycles. The molecular formula is C16H24N2O3. The Balaban J connectivity index is 2.13. The number of rotatable bonds is 5. The van der Waals surface area contributed by atoms with Crippen LogP contribution in [0.3, 0.4) is 0 Å². The minimum Gasteiger partial charge on any atom is -0.496 e.